The number of carbonyl (C=O) groups is 1. The first-order valence-corrected chi connectivity index (χ1v) is 5.01. The smallest absolute Gasteiger partial charge is 0.237 e. The molecule has 0 aromatic heterocycles. The molecule has 0 aromatic rings. The van der Waals surface area contributed by atoms with Gasteiger partial charge in [0.1, 0.15) is 0 Å². The van der Waals surface area contributed by atoms with Gasteiger partial charge in [0.05, 0.1) is 6.04 Å². The van der Waals surface area contributed by atoms with Crippen molar-refractivity contribution in [3.63, 3.8) is 0 Å². The van der Waals surface area contributed by atoms with Gasteiger partial charge in [-0.25, -0.2) is 0 Å². The van der Waals surface area contributed by atoms with Crippen LogP contribution in [0.5, 0.6) is 0 Å². The molecule has 0 bridgehead atoms. The van der Waals surface area contributed by atoms with Gasteiger partial charge in [0, 0.05) is 17.5 Å². The number of hydrogen-bond acceptors (Lipinski definition) is 2. The van der Waals surface area contributed by atoms with E-state index in [1.54, 1.807) is 0 Å². The lowest BCUT2D eigenvalue weighted by Gasteiger charge is -2.22. The molecule has 0 radical (unpaired) electrons. The van der Waals surface area contributed by atoms with Gasteiger partial charge in [-0.05, 0) is 27.2 Å². The van der Waals surface area contributed by atoms with Crippen molar-refractivity contribution in [1.29, 1.82) is 0 Å². The van der Waals surface area contributed by atoms with Gasteiger partial charge in [-0.15, -0.1) is 11.6 Å². The fourth-order valence-electron chi connectivity index (χ4n) is 1.35. The highest BCUT2D eigenvalue weighted by molar-refractivity contribution is 6.21. The first-order chi connectivity index (χ1) is 5.88. The van der Waals surface area contributed by atoms with Crippen molar-refractivity contribution in [1.82, 2.24) is 10.6 Å². The van der Waals surface area contributed by atoms with Crippen molar-refractivity contribution in [2.24, 2.45) is 0 Å². The van der Waals surface area contributed by atoms with Crippen molar-refractivity contribution < 1.29 is 4.79 Å². The zero-order chi connectivity index (χ0) is 10.1. The van der Waals surface area contributed by atoms with Gasteiger partial charge in [0.15, 0.2) is 0 Å². The van der Waals surface area contributed by atoms with Crippen LogP contribution in [0.1, 0.15) is 27.2 Å². The second-order valence-corrected chi connectivity index (χ2v) is 5.15. The van der Waals surface area contributed by atoms with Gasteiger partial charge in [-0.2, -0.15) is 0 Å². The number of nitrogens with one attached hydrogen (secondary N) is 2. The molecule has 1 aliphatic heterocycles. The summed E-state index contributed by atoms with van der Waals surface area (Å²) in [5.74, 6) is 0.0515. The third kappa shape index (κ3) is 3.53. The Hall–Kier alpha value is -0.280. The lowest BCUT2D eigenvalue weighted by atomic mass is 10.1. The molecule has 3 nitrogen and oxygen atoms in total. The van der Waals surface area contributed by atoms with Gasteiger partial charge < -0.3 is 10.6 Å². The van der Waals surface area contributed by atoms with Crippen LogP contribution in [0.2, 0.25) is 0 Å². The minimum absolute atomic E-state index is 0.0515. The summed E-state index contributed by atoms with van der Waals surface area (Å²) in [7, 11) is 0. The van der Waals surface area contributed by atoms with E-state index in [0.717, 1.165) is 13.0 Å². The maximum atomic E-state index is 11.6. The number of halogens is 1. The van der Waals surface area contributed by atoms with Crippen LogP contribution in [0.25, 0.3) is 0 Å². The molecular formula is C9H17ClN2O. The van der Waals surface area contributed by atoms with Crippen LogP contribution in [0.15, 0.2) is 0 Å². The highest BCUT2D eigenvalue weighted by Crippen LogP contribution is 2.13. The molecule has 1 aliphatic rings. The molecule has 0 spiro atoms. The van der Waals surface area contributed by atoms with E-state index >= 15 is 0 Å². The van der Waals surface area contributed by atoms with Gasteiger partial charge >= 0.3 is 0 Å². The molecule has 13 heavy (non-hydrogen) atoms. The van der Waals surface area contributed by atoms with Crippen LogP contribution in [0, 0.1) is 0 Å². The van der Waals surface area contributed by atoms with Crippen LogP contribution in [-0.4, -0.2) is 29.4 Å². The Balaban J connectivity index is 2.41. The molecule has 2 atom stereocenters. The summed E-state index contributed by atoms with van der Waals surface area (Å²) in [6.45, 7) is 6.64. The van der Waals surface area contributed by atoms with E-state index < -0.39 is 0 Å². The van der Waals surface area contributed by atoms with E-state index in [0.29, 0.717) is 0 Å². The monoisotopic (exact) mass is 204 g/mol. The van der Waals surface area contributed by atoms with E-state index in [9.17, 15) is 4.79 Å². The summed E-state index contributed by atoms with van der Waals surface area (Å²) >= 11 is 5.88. The molecule has 2 N–H and O–H groups in total. The van der Waals surface area contributed by atoms with Gasteiger partial charge in [0.25, 0.3) is 0 Å². The number of rotatable bonds is 1. The standard InChI is InChI=1S/C9H17ClN2O/c1-9(2,3)12-8(13)7-4-6(10)5-11-7/h6-7,11H,4-5H2,1-3H3,(H,12,13). The summed E-state index contributed by atoms with van der Waals surface area (Å²) < 4.78 is 0. The molecule has 1 amide bonds. The second-order valence-electron chi connectivity index (χ2n) is 4.53. The van der Waals surface area contributed by atoms with Crippen LogP contribution in [0.4, 0.5) is 0 Å². The molecule has 1 fully saturated rings. The summed E-state index contributed by atoms with van der Waals surface area (Å²) in [6.07, 6.45) is 0.726. The Labute approximate surface area is 84.2 Å². The first-order valence-electron chi connectivity index (χ1n) is 4.58. The molecular weight excluding hydrogens is 188 g/mol. The highest BCUT2D eigenvalue weighted by Gasteiger charge is 2.29. The maximum absolute atomic E-state index is 11.6. The summed E-state index contributed by atoms with van der Waals surface area (Å²) in [5, 5.41) is 6.10. The van der Waals surface area contributed by atoms with Crippen LogP contribution in [-0.2, 0) is 4.79 Å². The zero-order valence-electron chi connectivity index (χ0n) is 8.36. The third-order valence-electron chi connectivity index (χ3n) is 1.89. The van der Waals surface area contributed by atoms with E-state index in [1.807, 2.05) is 20.8 Å². The fourth-order valence-corrected chi connectivity index (χ4v) is 1.62. The van der Waals surface area contributed by atoms with Gasteiger partial charge in [-0.1, -0.05) is 0 Å². The first kappa shape index (κ1) is 10.8. The van der Waals surface area contributed by atoms with Crippen molar-refractivity contribution in [2.45, 2.75) is 44.1 Å². The Morgan fingerprint density at radius 1 is 1.54 bits per heavy atom. The van der Waals surface area contributed by atoms with Crippen molar-refractivity contribution in [3.8, 4) is 0 Å². The number of amides is 1. The molecule has 0 aromatic carbocycles. The normalized spacial score (nSPS) is 28.9. The minimum atomic E-state index is -0.164. The Bertz CT molecular complexity index is 200. The number of carbonyl (C=O) groups excluding carboxylic acids is 1. The topological polar surface area (TPSA) is 41.1 Å². The average molecular weight is 205 g/mol. The molecule has 1 heterocycles. The molecule has 76 valence electrons. The van der Waals surface area contributed by atoms with E-state index in [4.69, 9.17) is 11.6 Å². The van der Waals surface area contributed by atoms with E-state index in [2.05, 4.69) is 10.6 Å². The average Bonchev–Trinajstić information content (AvgIpc) is 2.31. The highest BCUT2D eigenvalue weighted by atomic mass is 35.5. The maximum Gasteiger partial charge on any atom is 0.237 e. The van der Waals surface area contributed by atoms with Crippen LogP contribution < -0.4 is 10.6 Å². The second kappa shape index (κ2) is 3.84. The molecule has 2 unspecified atom stereocenters. The molecule has 4 heteroatoms. The summed E-state index contributed by atoms with van der Waals surface area (Å²) in [4.78, 5) is 11.6. The van der Waals surface area contributed by atoms with Crippen molar-refractivity contribution in [3.05, 3.63) is 0 Å². The van der Waals surface area contributed by atoms with E-state index in [-0.39, 0.29) is 22.9 Å². The Morgan fingerprint density at radius 2 is 2.15 bits per heavy atom. The van der Waals surface area contributed by atoms with Crippen LogP contribution in [0.3, 0.4) is 0 Å². The predicted octanol–water partition coefficient (Wildman–Crippen LogP) is 0.870. The molecule has 1 saturated heterocycles. The lowest BCUT2D eigenvalue weighted by molar-refractivity contribution is -0.124. The Kier molecular flexibility index (Phi) is 3.19. The summed E-state index contributed by atoms with van der Waals surface area (Å²) in [5.41, 5.74) is -0.164. The van der Waals surface area contributed by atoms with Crippen molar-refractivity contribution >= 4 is 17.5 Å². The number of alkyl halides is 1. The minimum Gasteiger partial charge on any atom is -0.350 e. The predicted molar refractivity (Wildman–Crippen MR) is 53.9 cm³/mol. The fraction of sp³-hybridized carbons (Fsp3) is 0.889. The summed E-state index contributed by atoms with van der Waals surface area (Å²) in [6, 6.07) is -0.110. The van der Waals surface area contributed by atoms with Gasteiger partial charge in [0.2, 0.25) is 5.91 Å². The zero-order valence-corrected chi connectivity index (χ0v) is 9.11. The van der Waals surface area contributed by atoms with Crippen LogP contribution >= 0.6 is 11.6 Å². The molecule has 1 rings (SSSR count). The largest absolute Gasteiger partial charge is 0.350 e. The van der Waals surface area contributed by atoms with Gasteiger partial charge in [-0.3, -0.25) is 4.79 Å². The third-order valence-corrected chi connectivity index (χ3v) is 2.22. The SMILES string of the molecule is CC(C)(C)NC(=O)C1CC(Cl)CN1. The lowest BCUT2D eigenvalue weighted by Crippen LogP contribution is -2.48. The number of hydrogen-bond donors (Lipinski definition) is 2. The molecule has 0 saturated carbocycles. The van der Waals surface area contributed by atoms with E-state index in [1.165, 1.54) is 0 Å². The Morgan fingerprint density at radius 3 is 2.54 bits per heavy atom. The van der Waals surface area contributed by atoms with Crippen molar-refractivity contribution in [2.75, 3.05) is 6.54 Å². The quantitative estimate of drug-likeness (QED) is 0.623. The molecule has 0 aliphatic carbocycles.